The number of benzene rings is 1. The molecular formula is C17H17F3N2O2. The molecule has 0 bridgehead atoms. The summed E-state index contributed by atoms with van der Waals surface area (Å²) in [5.41, 5.74) is 2.87. The summed E-state index contributed by atoms with van der Waals surface area (Å²) in [4.78, 5) is 16.0. The zero-order valence-electron chi connectivity index (χ0n) is 13.1. The fourth-order valence-electron chi connectivity index (χ4n) is 2.07. The number of pyridine rings is 1. The highest BCUT2D eigenvalue weighted by Gasteiger charge is 2.27. The van der Waals surface area contributed by atoms with E-state index in [1.807, 2.05) is 13.0 Å². The van der Waals surface area contributed by atoms with Crippen molar-refractivity contribution in [1.82, 2.24) is 4.98 Å². The van der Waals surface area contributed by atoms with E-state index in [9.17, 15) is 18.0 Å². The molecule has 2 aromatic rings. The maximum atomic E-state index is 12.0. The lowest BCUT2D eigenvalue weighted by atomic mass is 10.1. The molecule has 2 rings (SSSR count). The number of amides is 1. The quantitative estimate of drug-likeness (QED) is 0.875. The Bertz CT molecular complexity index is 685. The standard InChI is InChI=1S/C17H17F3N2O2/c1-12-8-14(6-7-21-12)9-16(23)22-15-4-2-13(3-5-15)10-24-11-17(18,19)20/h2-8H,9-11H2,1H3,(H,22,23). The van der Waals surface area contributed by atoms with Crippen LogP contribution in [0.1, 0.15) is 16.8 Å². The largest absolute Gasteiger partial charge is 0.411 e. The maximum Gasteiger partial charge on any atom is 0.411 e. The van der Waals surface area contributed by atoms with Crippen molar-refractivity contribution >= 4 is 11.6 Å². The molecule has 0 radical (unpaired) electrons. The lowest BCUT2D eigenvalue weighted by molar-refractivity contribution is -0.176. The van der Waals surface area contributed by atoms with Crippen LogP contribution in [-0.4, -0.2) is 23.7 Å². The first-order valence-electron chi connectivity index (χ1n) is 7.27. The van der Waals surface area contributed by atoms with Crippen LogP contribution in [0.25, 0.3) is 0 Å². The minimum Gasteiger partial charge on any atom is -0.367 e. The molecule has 7 heteroatoms. The monoisotopic (exact) mass is 338 g/mol. The van der Waals surface area contributed by atoms with Crippen LogP contribution in [-0.2, 0) is 22.6 Å². The fourth-order valence-corrected chi connectivity index (χ4v) is 2.07. The van der Waals surface area contributed by atoms with E-state index in [2.05, 4.69) is 15.0 Å². The Morgan fingerprint density at radius 2 is 1.88 bits per heavy atom. The molecular weight excluding hydrogens is 321 g/mol. The SMILES string of the molecule is Cc1cc(CC(=O)Nc2ccc(COCC(F)(F)F)cc2)ccn1. The van der Waals surface area contributed by atoms with E-state index in [1.165, 1.54) is 0 Å². The third-order valence-corrected chi connectivity index (χ3v) is 3.10. The van der Waals surface area contributed by atoms with Crippen LogP contribution in [0.4, 0.5) is 18.9 Å². The second-order valence-corrected chi connectivity index (χ2v) is 5.34. The minimum absolute atomic E-state index is 0.135. The first kappa shape index (κ1) is 17.9. The molecule has 0 aliphatic heterocycles. The topological polar surface area (TPSA) is 51.2 Å². The Kier molecular flexibility index (Phi) is 5.92. The van der Waals surface area contributed by atoms with E-state index >= 15 is 0 Å². The zero-order valence-corrected chi connectivity index (χ0v) is 13.1. The van der Waals surface area contributed by atoms with Gasteiger partial charge in [-0.3, -0.25) is 9.78 Å². The van der Waals surface area contributed by atoms with Gasteiger partial charge in [0.05, 0.1) is 13.0 Å². The fraction of sp³-hybridized carbons (Fsp3) is 0.294. The number of hydrogen-bond donors (Lipinski definition) is 1. The molecule has 1 N–H and O–H groups in total. The van der Waals surface area contributed by atoms with Crippen LogP contribution in [0.3, 0.4) is 0 Å². The zero-order chi connectivity index (χ0) is 17.6. The summed E-state index contributed by atoms with van der Waals surface area (Å²) in [6.45, 7) is 0.432. The molecule has 1 heterocycles. The summed E-state index contributed by atoms with van der Waals surface area (Å²) in [5.74, 6) is -0.179. The minimum atomic E-state index is -4.33. The lowest BCUT2D eigenvalue weighted by Gasteiger charge is -2.09. The molecule has 0 fully saturated rings. The second-order valence-electron chi connectivity index (χ2n) is 5.34. The molecule has 1 aromatic carbocycles. The van der Waals surface area contributed by atoms with Gasteiger partial charge in [-0.05, 0) is 42.3 Å². The highest BCUT2D eigenvalue weighted by atomic mass is 19.4. The Balaban J connectivity index is 1.83. The molecule has 0 spiro atoms. The number of alkyl halides is 3. The third-order valence-electron chi connectivity index (χ3n) is 3.10. The molecule has 0 atom stereocenters. The van der Waals surface area contributed by atoms with Crippen molar-refractivity contribution in [2.24, 2.45) is 0 Å². The molecule has 0 saturated heterocycles. The summed E-state index contributed by atoms with van der Waals surface area (Å²) in [6, 6.07) is 10.1. The van der Waals surface area contributed by atoms with Crippen LogP contribution in [0, 0.1) is 6.92 Å². The Labute approximate surface area is 137 Å². The number of nitrogens with zero attached hydrogens (tertiary/aromatic N) is 1. The number of ether oxygens (including phenoxy) is 1. The normalized spacial score (nSPS) is 11.3. The van der Waals surface area contributed by atoms with Gasteiger partial charge >= 0.3 is 6.18 Å². The number of carbonyl (C=O) groups is 1. The van der Waals surface area contributed by atoms with Crippen molar-refractivity contribution < 1.29 is 22.7 Å². The van der Waals surface area contributed by atoms with Crippen LogP contribution >= 0.6 is 0 Å². The van der Waals surface area contributed by atoms with E-state index in [0.29, 0.717) is 11.3 Å². The van der Waals surface area contributed by atoms with Crippen LogP contribution in [0.15, 0.2) is 42.6 Å². The predicted octanol–water partition coefficient (Wildman–Crippen LogP) is 3.65. The number of rotatable bonds is 6. The predicted molar refractivity (Wildman–Crippen MR) is 83.5 cm³/mol. The number of carbonyl (C=O) groups excluding carboxylic acids is 1. The van der Waals surface area contributed by atoms with E-state index in [-0.39, 0.29) is 18.9 Å². The van der Waals surface area contributed by atoms with Gasteiger partial charge in [-0.2, -0.15) is 13.2 Å². The van der Waals surface area contributed by atoms with Gasteiger partial charge in [-0.25, -0.2) is 0 Å². The molecule has 4 nitrogen and oxygen atoms in total. The van der Waals surface area contributed by atoms with E-state index < -0.39 is 12.8 Å². The highest BCUT2D eigenvalue weighted by Crippen LogP contribution is 2.16. The average Bonchev–Trinajstić information content (AvgIpc) is 2.47. The summed E-state index contributed by atoms with van der Waals surface area (Å²) >= 11 is 0. The summed E-state index contributed by atoms with van der Waals surface area (Å²) in [5, 5.41) is 2.74. The summed E-state index contributed by atoms with van der Waals surface area (Å²) in [6.07, 6.45) is -2.47. The number of anilines is 1. The van der Waals surface area contributed by atoms with Crippen molar-refractivity contribution in [3.63, 3.8) is 0 Å². The number of aryl methyl sites for hydroxylation is 1. The smallest absolute Gasteiger partial charge is 0.367 e. The highest BCUT2D eigenvalue weighted by molar-refractivity contribution is 5.92. The molecule has 0 aliphatic rings. The van der Waals surface area contributed by atoms with Crippen LogP contribution in [0.2, 0.25) is 0 Å². The third kappa shape index (κ3) is 6.37. The number of nitrogens with one attached hydrogen (secondary N) is 1. The molecule has 1 aromatic heterocycles. The number of aromatic nitrogens is 1. The molecule has 128 valence electrons. The first-order valence-corrected chi connectivity index (χ1v) is 7.27. The van der Waals surface area contributed by atoms with Crippen molar-refractivity contribution in [1.29, 1.82) is 0 Å². The van der Waals surface area contributed by atoms with Crippen molar-refractivity contribution in [3.05, 3.63) is 59.4 Å². The van der Waals surface area contributed by atoms with E-state index in [1.54, 1.807) is 36.5 Å². The van der Waals surface area contributed by atoms with E-state index in [4.69, 9.17) is 0 Å². The molecule has 24 heavy (non-hydrogen) atoms. The summed E-state index contributed by atoms with van der Waals surface area (Å²) in [7, 11) is 0. The van der Waals surface area contributed by atoms with Gasteiger partial charge in [0.1, 0.15) is 6.61 Å². The van der Waals surface area contributed by atoms with Gasteiger partial charge < -0.3 is 10.1 Å². The average molecular weight is 338 g/mol. The Morgan fingerprint density at radius 3 is 2.50 bits per heavy atom. The Hall–Kier alpha value is -2.41. The molecule has 1 amide bonds. The molecule has 0 unspecified atom stereocenters. The first-order chi connectivity index (χ1) is 11.3. The van der Waals surface area contributed by atoms with Gasteiger partial charge in [0.25, 0.3) is 0 Å². The van der Waals surface area contributed by atoms with Gasteiger partial charge in [0.2, 0.25) is 5.91 Å². The number of halogens is 3. The van der Waals surface area contributed by atoms with Gasteiger partial charge in [-0.15, -0.1) is 0 Å². The number of hydrogen-bond acceptors (Lipinski definition) is 3. The van der Waals surface area contributed by atoms with Gasteiger partial charge in [0, 0.05) is 17.6 Å². The second kappa shape index (κ2) is 7.92. The van der Waals surface area contributed by atoms with Crippen LogP contribution in [0.5, 0.6) is 0 Å². The van der Waals surface area contributed by atoms with Crippen molar-refractivity contribution in [2.45, 2.75) is 26.1 Å². The summed E-state index contributed by atoms with van der Waals surface area (Å²) < 4.78 is 40.6. The molecule has 0 aliphatic carbocycles. The van der Waals surface area contributed by atoms with Crippen molar-refractivity contribution in [3.8, 4) is 0 Å². The van der Waals surface area contributed by atoms with Crippen molar-refractivity contribution in [2.75, 3.05) is 11.9 Å². The van der Waals surface area contributed by atoms with Crippen LogP contribution < -0.4 is 5.32 Å². The van der Waals surface area contributed by atoms with Gasteiger partial charge in [0.15, 0.2) is 0 Å². The molecule has 0 saturated carbocycles. The van der Waals surface area contributed by atoms with Gasteiger partial charge in [-0.1, -0.05) is 12.1 Å². The lowest BCUT2D eigenvalue weighted by Crippen LogP contribution is -2.16. The Morgan fingerprint density at radius 1 is 1.17 bits per heavy atom. The maximum absolute atomic E-state index is 12.0. The van der Waals surface area contributed by atoms with E-state index in [0.717, 1.165) is 11.3 Å².